The van der Waals surface area contributed by atoms with Crippen LogP contribution in [-0.2, 0) is 4.74 Å². The van der Waals surface area contributed by atoms with Gasteiger partial charge in [0.2, 0.25) is 0 Å². The van der Waals surface area contributed by atoms with E-state index >= 15 is 0 Å². The summed E-state index contributed by atoms with van der Waals surface area (Å²) in [5.74, 6) is 0.636. The topological polar surface area (TPSA) is 81.2 Å². The Hall–Kier alpha value is -1.62. The maximum Gasteiger partial charge on any atom is 0.141 e. The maximum absolute atomic E-state index is 7.16. The van der Waals surface area contributed by atoms with Crippen LogP contribution in [0, 0.1) is 5.41 Å². The Balaban J connectivity index is 2.39. The lowest BCUT2D eigenvalue weighted by molar-refractivity contribution is 0.172. The minimum Gasteiger partial charge on any atom is -0.492 e. The lowest BCUT2D eigenvalue weighted by Crippen LogP contribution is -2.12. The molecule has 0 unspecified atom stereocenters. The van der Waals surface area contributed by atoms with Crippen molar-refractivity contribution in [1.29, 1.82) is 5.41 Å². The predicted octanol–water partition coefficient (Wildman–Crippen LogP) is 0.781. The smallest absolute Gasteiger partial charge is 0.141 e. The second-order valence-corrected chi connectivity index (χ2v) is 2.99. The molecule has 0 aliphatic carbocycles. The van der Waals surface area contributed by atoms with Crippen LogP contribution in [0.15, 0.2) is 18.3 Å². The number of pyridine rings is 1. The number of methoxy groups -OCH3 is 1. The summed E-state index contributed by atoms with van der Waals surface area (Å²) >= 11 is 0. The summed E-state index contributed by atoms with van der Waals surface area (Å²) in [6, 6.07) is 3.41. The van der Waals surface area contributed by atoms with Crippen molar-refractivity contribution < 1.29 is 9.47 Å². The van der Waals surface area contributed by atoms with Crippen LogP contribution >= 0.6 is 0 Å². The molecule has 82 valence electrons. The van der Waals surface area contributed by atoms with E-state index in [1.54, 1.807) is 25.4 Å². The van der Waals surface area contributed by atoms with E-state index in [0.717, 1.165) is 6.42 Å². The number of rotatable bonds is 6. The maximum atomic E-state index is 7.16. The lowest BCUT2D eigenvalue weighted by atomic mass is 10.3. The summed E-state index contributed by atoms with van der Waals surface area (Å²) in [5.41, 5.74) is 5.72. The van der Waals surface area contributed by atoms with Crippen LogP contribution in [0.3, 0.4) is 0 Å². The van der Waals surface area contributed by atoms with Crippen molar-refractivity contribution in [3.05, 3.63) is 24.0 Å². The molecule has 0 spiro atoms. The first-order valence-corrected chi connectivity index (χ1v) is 4.66. The van der Waals surface area contributed by atoms with E-state index < -0.39 is 0 Å². The van der Waals surface area contributed by atoms with E-state index in [2.05, 4.69) is 4.98 Å². The number of aromatic nitrogens is 1. The molecule has 0 saturated carbocycles. The summed E-state index contributed by atoms with van der Waals surface area (Å²) < 4.78 is 10.3. The molecule has 0 atom stereocenters. The van der Waals surface area contributed by atoms with Crippen molar-refractivity contribution in [1.82, 2.24) is 4.98 Å². The van der Waals surface area contributed by atoms with Crippen molar-refractivity contribution in [2.75, 3.05) is 20.3 Å². The Morgan fingerprint density at radius 1 is 1.47 bits per heavy atom. The van der Waals surface area contributed by atoms with Crippen LogP contribution in [-0.4, -0.2) is 31.1 Å². The van der Waals surface area contributed by atoms with Gasteiger partial charge in [-0.25, -0.2) is 4.98 Å². The molecule has 1 aromatic heterocycles. The molecule has 1 aromatic rings. The fourth-order valence-corrected chi connectivity index (χ4v) is 1.02. The highest BCUT2D eigenvalue weighted by Gasteiger charge is 1.98. The molecule has 3 N–H and O–H groups in total. The van der Waals surface area contributed by atoms with Gasteiger partial charge < -0.3 is 15.2 Å². The van der Waals surface area contributed by atoms with Gasteiger partial charge in [0, 0.05) is 20.1 Å². The van der Waals surface area contributed by atoms with Crippen LogP contribution in [0.2, 0.25) is 0 Å². The lowest BCUT2D eigenvalue weighted by Gasteiger charge is -2.05. The van der Waals surface area contributed by atoms with Gasteiger partial charge in [0.25, 0.3) is 0 Å². The number of nitrogens with one attached hydrogen (secondary N) is 1. The number of nitrogens with two attached hydrogens (primary N) is 1. The number of hydrogen-bond acceptors (Lipinski definition) is 4. The summed E-state index contributed by atoms with van der Waals surface area (Å²) in [6.07, 6.45) is 2.40. The van der Waals surface area contributed by atoms with Crippen molar-refractivity contribution in [3.8, 4) is 5.75 Å². The number of nitrogen functional groups attached to an aromatic ring is 1. The quantitative estimate of drug-likeness (QED) is 0.412. The van der Waals surface area contributed by atoms with Crippen LogP contribution in [0.25, 0.3) is 0 Å². The van der Waals surface area contributed by atoms with Gasteiger partial charge in [0.15, 0.2) is 0 Å². The predicted molar refractivity (Wildman–Crippen MR) is 57.2 cm³/mol. The second kappa shape index (κ2) is 5.98. The molecule has 1 rings (SSSR count). The molecular formula is C10H15N3O2. The van der Waals surface area contributed by atoms with Crippen LogP contribution < -0.4 is 10.5 Å². The SMILES string of the molecule is COCCCOc1ccc(C(=N)N)nc1. The molecule has 0 saturated heterocycles. The third-order valence-electron chi connectivity index (χ3n) is 1.77. The average molecular weight is 209 g/mol. The zero-order valence-corrected chi connectivity index (χ0v) is 8.69. The molecule has 0 aliphatic heterocycles. The summed E-state index contributed by atoms with van der Waals surface area (Å²) in [4.78, 5) is 3.97. The Morgan fingerprint density at radius 2 is 2.27 bits per heavy atom. The molecular weight excluding hydrogens is 194 g/mol. The first-order chi connectivity index (χ1) is 7.24. The molecule has 0 radical (unpaired) electrons. The van der Waals surface area contributed by atoms with Crippen molar-refractivity contribution in [2.45, 2.75) is 6.42 Å². The van der Waals surface area contributed by atoms with Gasteiger partial charge in [-0.05, 0) is 12.1 Å². The van der Waals surface area contributed by atoms with Gasteiger partial charge in [0.05, 0.1) is 12.8 Å². The standard InChI is InChI=1S/C10H15N3O2/c1-14-5-2-6-15-8-3-4-9(10(11)12)13-7-8/h3-4,7H,2,5-6H2,1H3,(H3,11,12). The highest BCUT2D eigenvalue weighted by atomic mass is 16.5. The highest BCUT2D eigenvalue weighted by Crippen LogP contribution is 2.08. The fourth-order valence-electron chi connectivity index (χ4n) is 1.02. The van der Waals surface area contributed by atoms with E-state index in [9.17, 15) is 0 Å². The van der Waals surface area contributed by atoms with E-state index in [1.807, 2.05) is 0 Å². The van der Waals surface area contributed by atoms with Gasteiger partial charge in [-0.3, -0.25) is 5.41 Å². The minimum absolute atomic E-state index is 0.0408. The van der Waals surface area contributed by atoms with Crippen LogP contribution in [0.1, 0.15) is 12.1 Å². The second-order valence-electron chi connectivity index (χ2n) is 2.99. The van der Waals surface area contributed by atoms with Crippen molar-refractivity contribution in [2.24, 2.45) is 5.73 Å². The molecule has 0 bridgehead atoms. The fraction of sp³-hybridized carbons (Fsp3) is 0.400. The van der Waals surface area contributed by atoms with E-state index in [0.29, 0.717) is 24.7 Å². The van der Waals surface area contributed by atoms with Gasteiger partial charge in [-0.15, -0.1) is 0 Å². The molecule has 5 heteroatoms. The Kier molecular flexibility index (Phi) is 4.56. The van der Waals surface area contributed by atoms with Gasteiger partial charge >= 0.3 is 0 Å². The molecule has 0 aromatic carbocycles. The molecule has 15 heavy (non-hydrogen) atoms. The third-order valence-corrected chi connectivity index (χ3v) is 1.77. The normalized spacial score (nSPS) is 9.93. The van der Waals surface area contributed by atoms with Gasteiger partial charge in [-0.1, -0.05) is 0 Å². The summed E-state index contributed by atoms with van der Waals surface area (Å²) in [6.45, 7) is 1.27. The van der Waals surface area contributed by atoms with Crippen LogP contribution in [0.4, 0.5) is 0 Å². The zero-order valence-electron chi connectivity index (χ0n) is 8.69. The monoisotopic (exact) mass is 209 g/mol. The Bertz CT molecular complexity index is 311. The summed E-state index contributed by atoms with van der Waals surface area (Å²) in [7, 11) is 1.66. The Morgan fingerprint density at radius 3 is 2.80 bits per heavy atom. The molecule has 0 fully saturated rings. The van der Waals surface area contributed by atoms with Gasteiger partial charge in [-0.2, -0.15) is 0 Å². The van der Waals surface area contributed by atoms with Crippen LogP contribution in [0.5, 0.6) is 5.75 Å². The molecule has 5 nitrogen and oxygen atoms in total. The van der Waals surface area contributed by atoms with Crippen molar-refractivity contribution >= 4 is 5.84 Å². The number of hydrogen-bond donors (Lipinski definition) is 2. The number of ether oxygens (including phenoxy) is 2. The minimum atomic E-state index is -0.0408. The average Bonchev–Trinajstić information content (AvgIpc) is 2.25. The highest BCUT2D eigenvalue weighted by molar-refractivity contribution is 5.92. The molecule has 0 amide bonds. The summed E-state index contributed by atoms with van der Waals surface area (Å²) in [5, 5.41) is 7.16. The van der Waals surface area contributed by atoms with Gasteiger partial charge in [0.1, 0.15) is 17.3 Å². The van der Waals surface area contributed by atoms with E-state index in [4.69, 9.17) is 20.6 Å². The zero-order chi connectivity index (χ0) is 11.1. The molecule has 1 heterocycles. The molecule has 0 aliphatic rings. The largest absolute Gasteiger partial charge is 0.492 e. The number of amidine groups is 1. The van der Waals surface area contributed by atoms with Crippen molar-refractivity contribution in [3.63, 3.8) is 0 Å². The number of nitrogens with zero attached hydrogens (tertiary/aromatic N) is 1. The van der Waals surface area contributed by atoms with E-state index in [-0.39, 0.29) is 5.84 Å². The Labute approximate surface area is 88.7 Å². The third kappa shape index (κ3) is 3.95. The van der Waals surface area contributed by atoms with E-state index in [1.165, 1.54) is 0 Å². The first-order valence-electron chi connectivity index (χ1n) is 4.66. The first kappa shape index (κ1) is 11.5.